The van der Waals surface area contributed by atoms with Gasteiger partial charge in [-0.1, -0.05) is 25.1 Å². The second kappa shape index (κ2) is 6.26. The van der Waals surface area contributed by atoms with Gasteiger partial charge in [-0.25, -0.2) is 4.68 Å². The normalized spacial score (nSPS) is 11.1. The lowest BCUT2D eigenvalue weighted by Gasteiger charge is -2.04. The Kier molecular flexibility index (Phi) is 4.41. The third kappa shape index (κ3) is 3.92. The maximum atomic E-state index is 4.14. The van der Waals surface area contributed by atoms with Crippen molar-refractivity contribution in [2.75, 3.05) is 6.54 Å². The minimum Gasteiger partial charge on any atom is -0.311 e. The third-order valence-electron chi connectivity index (χ3n) is 2.51. The molecule has 0 radical (unpaired) electrons. The van der Waals surface area contributed by atoms with Gasteiger partial charge in [0.25, 0.3) is 0 Å². The van der Waals surface area contributed by atoms with Crippen LogP contribution in [-0.2, 0) is 13.1 Å². The Morgan fingerprint density at radius 3 is 3.00 bits per heavy atom. The summed E-state index contributed by atoms with van der Waals surface area (Å²) in [5.74, 6) is 0.649. The number of nitrogens with one attached hydrogen (secondary N) is 1. The lowest BCUT2D eigenvalue weighted by molar-refractivity contribution is 0.548. The molecule has 0 aromatic carbocycles. The summed E-state index contributed by atoms with van der Waals surface area (Å²) in [5, 5.41) is 11.6. The second-order valence-corrected chi connectivity index (χ2v) is 4.79. The predicted octanol–water partition coefficient (Wildman–Crippen LogP) is 1.47. The van der Waals surface area contributed by atoms with E-state index in [2.05, 4.69) is 34.5 Å². The van der Waals surface area contributed by atoms with Crippen LogP contribution in [0.1, 0.15) is 25.1 Å². The predicted molar refractivity (Wildman–Crippen MR) is 69.9 cm³/mol. The summed E-state index contributed by atoms with van der Waals surface area (Å²) in [6.45, 7) is 6.85. The number of aromatic nitrogens is 4. The van der Waals surface area contributed by atoms with Crippen molar-refractivity contribution >= 4 is 0 Å². The fourth-order valence-electron chi connectivity index (χ4n) is 1.66. The Morgan fingerprint density at radius 1 is 1.39 bits per heavy atom. The summed E-state index contributed by atoms with van der Waals surface area (Å²) in [5.41, 5.74) is 2.10. The summed E-state index contributed by atoms with van der Waals surface area (Å²) < 4.78 is 1.84. The van der Waals surface area contributed by atoms with E-state index in [0.717, 1.165) is 24.3 Å². The molecule has 0 aliphatic heterocycles. The Bertz CT molecular complexity index is 463. The molecule has 96 valence electrons. The molecular formula is C13H19N5. The van der Waals surface area contributed by atoms with E-state index in [4.69, 9.17) is 0 Å². The van der Waals surface area contributed by atoms with Gasteiger partial charge in [-0.05, 0) is 24.1 Å². The first-order valence-corrected chi connectivity index (χ1v) is 6.22. The molecule has 5 heteroatoms. The third-order valence-corrected chi connectivity index (χ3v) is 2.51. The summed E-state index contributed by atoms with van der Waals surface area (Å²) in [7, 11) is 0. The van der Waals surface area contributed by atoms with Crippen LogP contribution in [0.25, 0.3) is 0 Å². The number of nitrogens with zero attached hydrogens (tertiary/aromatic N) is 4. The van der Waals surface area contributed by atoms with E-state index in [1.54, 1.807) is 6.20 Å². The number of hydrogen-bond acceptors (Lipinski definition) is 4. The van der Waals surface area contributed by atoms with Crippen LogP contribution in [0.2, 0.25) is 0 Å². The average Bonchev–Trinajstić information content (AvgIpc) is 2.78. The fourth-order valence-corrected chi connectivity index (χ4v) is 1.66. The van der Waals surface area contributed by atoms with E-state index in [-0.39, 0.29) is 0 Å². The lowest BCUT2D eigenvalue weighted by Crippen LogP contribution is -2.19. The van der Waals surface area contributed by atoms with E-state index < -0.39 is 0 Å². The van der Waals surface area contributed by atoms with Crippen molar-refractivity contribution in [1.29, 1.82) is 0 Å². The number of rotatable bonds is 6. The summed E-state index contributed by atoms with van der Waals surface area (Å²) >= 11 is 0. The van der Waals surface area contributed by atoms with Gasteiger partial charge in [-0.2, -0.15) is 0 Å². The summed E-state index contributed by atoms with van der Waals surface area (Å²) in [6, 6.07) is 3.96. The standard InChI is InChI=1S/C13H19N5/c1-11(2)6-15-8-13-10-18(17-16-13)9-12-4-3-5-14-7-12/h3-5,7,10-11,15H,6,8-9H2,1-2H3. The highest BCUT2D eigenvalue weighted by Crippen LogP contribution is 2.00. The zero-order valence-corrected chi connectivity index (χ0v) is 10.9. The van der Waals surface area contributed by atoms with Crippen LogP contribution in [0.5, 0.6) is 0 Å². The lowest BCUT2D eigenvalue weighted by atomic mass is 10.2. The molecule has 0 aliphatic rings. The van der Waals surface area contributed by atoms with Crippen LogP contribution in [0, 0.1) is 5.92 Å². The van der Waals surface area contributed by atoms with Gasteiger partial charge in [0.15, 0.2) is 0 Å². The van der Waals surface area contributed by atoms with E-state index in [1.165, 1.54) is 0 Å². The molecule has 2 rings (SSSR count). The molecule has 2 aromatic rings. The topological polar surface area (TPSA) is 55.6 Å². The van der Waals surface area contributed by atoms with Crippen LogP contribution in [0.15, 0.2) is 30.7 Å². The first-order valence-electron chi connectivity index (χ1n) is 6.22. The smallest absolute Gasteiger partial charge is 0.0964 e. The largest absolute Gasteiger partial charge is 0.311 e. The van der Waals surface area contributed by atoms with Crippen molar-refractivity contribution in [3.8, 4) is 0 Å². The molecule has 2 aromatic heterocycles. The molecule has 1 N–H and O–H groups in total. The molecule has 0 aliphatic carbocycles. The van der Waals surface area contributed by atoms with Gasteiger partial charge in [0, 0.05) is 18.9 Å². The first-order chi connectivity index (χ1) is 8.74. The van der Waals surface area contributed by atoms with Crippen molar-refractivity contribution in [1.82, 2.24) is 25.3 Å². The molecule has 0 bridgehead atoms. The van der Waals surface area contributed by atoms with Crippen LogP contribution in [-0.4, -0.2) is 26.5 Å². The summed E-state index contributed by atoms with van der Waals surface area (Å²) in [4.78, 5) is 4.08. The van der Waals surface area contributed by atoms with Gasteiger partial charge in [-0.15, -0.1) is 5.10 Å². The van der Waals surface area contributed by atoms with Gasteiger partial charge in [0.2, 0.25) is 0 Å². The van der Waals surface area contributed by atoms with Crippen LogP contribution in [0.3, 0.4) is 0 Å². The Hall–Kier alpha value is -1.75. The molecule has 0 unspecified atom stereocenters. The maximum absolute atomic E-state index is 4.14. The zero-order valence-electron chi connectivity index (χ0n) is 10.9. The van der Waals surface area contributed by atoms with Crippen LogP contribution >= 0.6 is 0 Å². The molecule has 0 spiro atoms. The van der Waals surface area contributed by atoms with Crippen molar-refractivity contribution in [3.63, 3.8) is 0 Å². The first kappa shape index (κ1) is 12.7. The van der Waals surface area contributed by atoms with Gasteiger partial charge in [0.1, 0.15) is 0 Å². The highest BCUT2D eigenvalue weighted by Gasteiger charge is 2.02. The molecular weight excluding hydrogens is 226 g/mol. The van der Waals surface area contributed by atoms with Gasteiger partial charge in [-0.3, -0.25) is 4.98 Å². The number of pyridine rings is 1. The van der Waals surface area contributed by atoms with E-state index in [1.807, 2.05) is 29.2 Å². The number of hydrogen-bond donors (Lipinski definition) is 1. The molecule has 2 heterocycles. The molecule has 0 atom stereocenters. The van der Waals surface area contributed by atoms with E-state index >= 15 is 0 Å². The Morgan fingerprint density at radius 2 is 2.28 bits per heavy atom. The van der Waals surface area contributed by atoms with Crippen molar-refractivity contribution in [2.24, 2.45) is 5.92 Å². The van der Waals surface area contributed by atoms with Crippen molar-refractivity contribution in [3.05, 3.63) is 42.0 Å². The minimum atomic E-state index is 0.649. The van der Waals surface area contributed by atoms with Crippen LogP contribution in [0.4, 0.5) is 0 Å². The molecule has 5 nitrogen and oxygen atoms in total. The summed E-state index contributed by atoms with van der Waals surface area (Å²) in [6.07, 6.45) is 5.59. The van der Waals surface area contributed by atoms with Gasteiger partial charge in [0.05, 0.1) is 18.4 Å². The van der Waals surface area contributed by atoms with E-state index in [0.29, 0.717) is 12.5 Å². The Labute approximate surface area is 107 Å². The average molecular weight is 245 g/mol. The highest BCUT2D eigenvalue weighted by molar-refractivity contribution is 5.08. The molecule has 0 fully saturated rings. The molecule has 0 amide bonds. The Balaban J connectivity index is 1.86. The fraction of sp³-hybridized carbons (Fsp3) is 0.462. The SMILES string of the molecule is CC(C)CNCc1cn(Cc2cccnc2)nn1. The molecule has 0 saturated carbocycles. The van der Waals surface area contributed by atoms with Crippen molar-refractivity contribution in [2.45, 2.75) is 26.9 Å². The second-order valence-electron chi connectivity index (χ2n) is 4.79. The quantitative estimate of drug-likeness (QED) is 0.837. The molecule has 18 heavy (non-hydrogen) atoms. The van der Waals surface area contributed by atoms with Crippen LogP contribution < -0.4 is 5.32 Å². The van der Waals surface area contributed by atoms with Gasteiger partial charge >= 0.3 is 0 Å². The van der Waals surface area contributed by atoms with Crippen molar-refractivity contribution < 1.29 is 0 Å². The minimum absolute atomic E-state index is 0.649. The van der Waals surface area contributed by atoms with Gasteiger partial charge < -0.3 is 5.32 Å². The monoisotopic (exact) mass is 245 g/mol. The maximum Gasteiger partial charge on any atom is 0.0964 e. The highest BCUT2D eigenvalue weighted by atomic mass is 15.4. The molecule has 0 saturated heterocycles. The zero-order chi connectivity index (χ0) is 12.8. The van der Waals surface area contributed by atoms with E-state index in [9.17, 15) is 0 Å².